The number of piperazine rings is 1. The first kappa shape index (κ1) is 12.4. The van der Waals surface area contributed by atoms with Gasteiger partial charge in [-0.05, 0) is 32.0 Å². The van der Waals surface area contributed by atoms with Gasteiger partial charge in [0, 0.05) is 37.4 Å². The molecule has 0 bridgehead atoms. The Morgan fingerprint density at radius 2 is 1.88 bits per heavy atom. The van der Waals surface area contributed by atoms with Gasteiger partial charge in [0.05, 0.1) is 0 Å². The number of anilines is 1. The van der Waals surface area contributed by atoms with E-state index in [-0.39, 0.29) is 5.82 Å². The molecule has 0 aliphatic carbocycles. The van der Waals surface area contributed by atoms with Crippen LogP contribution in [0, 0.1) is 12.7 Å². The van der Waals surface area contributed by atoms with E-state index < -0.39 is 0 Å². The molecule has 0 aromatic heterocycles. The molecule has 0 spiro atoms. The van der Waals surface area contributed by atoms with Crippen LogP contribution in [0.2, 0.25) is 0 Å². The van der Waals surface area contributed by atoms with Crippen molar-refractivity contribution in [2.75, 3.05) is 37.6 Å². The Bertz CT molecular complexity index is 370. The molecule has 1 aromatic carbocycles. The van der Waals surface area contributed by atoms with Crippen LogP contribution in [-0.4, -0.2) is 37.6 Å². The number of rotatable bonds is 3. The van der Waals surface area contributed by atoms with Gasteiger partial charge in [-0.3, -0.25) is 4.90 Å². The third-order valence-corrected chi connectivity index (χ3v) is 3.49. The maximum absolute atomic E-state index is 13.5. The molecule has 2 nitrogen and oxygen atoms in total. The van der Waals surface area contributed by atoms with Crippen LogP contribution in [0.15, 0.2) is 18.2 Å². The van der Waals surface area contributed by atoms with E-state index in [2.05, 4.69) is 16.7 Å². The SMILES string of the molecule is CCCN1CCN(c2cccc(F)c2C)CC1. The van der Waals surface area contributed by atoms with Crippen LogP contribution in [-0.2, 0) is 0 Å². The summed E-state index contributed by atoms with van der Waals surface area (Å²) in [6, 6.07) is 5.36. The lowest BCUT2D eigenvalue weighted by atomic mass is 10.1. The molecule has 94 valence electrons. The van der Waals surface area contributed by atoms with Crippen LogP contribution >= 0.6 is 0 Å². The summed E-state index contributed by atoms with van der Waals surface area (Å²) in [7, 11) is 0. The molecule has 2 rings (SSSR count). The minimum Gasteiger partial charge on any atom is -0.369 e. The van der Waals surface area contributed by atoms with Gasteiger partial charge in [0.25, 0.3) is 0 Å². The minimum absolute atomic E-state index is 0.0986. The smallest absolute Gasteiger partial charge is 0.128 e. The first-order valence-corrected chi connectivity index (χ1v) is 6.44. The topological polar surface area (TPSA) is 6.48 Å². The molecule has 0 amide bonds. The van der Waals surface area contributed by atoms with Crippen molar-refractivity contribution in [1.29, 1.82) is 0 Å². The molecular weight excluding hydrogens is 215 g/mol. The van der Waals surface area contributed by atoms with E-state index in [1.54, 1.807) is 6.07 Å². The van der Waals surface area contributed by atoms with Crippen molar-refractivity contribution in [1.82, 2.24) is 4.90 Å². The maximum Gasteiger partial charge on any atom is 0.128 e. The van der Waals surface area contributed by atoms with Crippen LogP contribution in [0.3, 0.4) is 0 Å². The molecule has 1 aliphatic heterocycles. The van der Waals surface area contributed by atoms with E-state index in [0.29, 0.717) is 0 Å². The first-order valence-electron chi connectivity index (χ1n) is 6.44. The lowest BCUT2D eigenvalue weighted by Crippen LogP contribution is -2.46. The molecule has 1 saturated heterocycles. The first-order chi connectivity index (χ1) is 8.22. The monoisotopic (exact) mass is 236 g/mol. The fourth-order valence-corrected chi connectivity index (χ4v) is 2.47. The van der Waals surface area contributed by atoms with Crippen LogP contribution in [0.25, 0.3) is 0 Å². The molecule has 1 aliphatic rings. The number of nitrogens with zero attached hydrogens (tertiary/aromatic N) is 2. The Hall–Kier alpha value is -1.09. The predicted molar refractivity (Wildman–Crippen MR) is 70.1 cm³/mol. The van der Waals surface area contributed by atoms with E-state index >= 15 is 0 Å². The van der Waals surface area contributed by atoms with Gasteiger partial charge in [0.1, 0.15) is 5.82 Å². The molecule has 1 heterocycles. The predicted octanol–water partition coefficient (Wildman–Crippen LogP) is 2.67. The van der Waals surface area contributed by atoms with E-state index in [0.717, 1.165) is 37.4 Å². The maximum atomic E-state index is 13.5. The quantitative estimate of drug-likeness (QED) is 0.796. The van der Waals surface area contributed by atoms with Crippen LogP contribution in [0.5, 0.6) is 0 Å². The Balaban J connectivity index is 2.03. The van der Waals surface area contributed by atoms with Gasteiger partial charge in [-0.15, -0.1) is 0 Å². The minimum atomic E-state index is -0.0986. The molecule has 0 saturated carbocycles. The van der Waals surface area contributed by atoms with Gasteiger partial charge in [-0.2, -0.15) is 0 Å². The molecular formula is C14H21FN2. The largest absolute Gasteiger partial charge is 0.369 e. The van der Waals surface area contributed by atoms with Crippen LogP contribution < -0.4 is 4.90 Å². The van der Waals surface area contributed by atoms with E-state index in [9.17, 15) is 4.39 Å². The molecule has 1 aromatic rings. The number of hydrogen-bond acceptors (Lipinski definition) is 2. The van der Waals surface area contributed by atoms with Gasteiger partial charge in [0.15, 0.2) is 0 Å². The van der Waals surface area contributed by atoms with Gasteiger partial charge in [0.2, 0.25) is 0 Å². The lowest BCUT2D eigenvalue weighted by Gasteiger charge is -2.36. The highest BCUT2D eigenvalue weighted by Gasteiger charge is 2.18. The van der Waals surface area contributed by atoms with Crippen molar-refractivity contribution in [2.24, 2.45) is 0 Å². The Kier molecular flexibility index (Phi) is 4.00. The van der Waals surface area contributed by atoms with Crippen molar-refractivity contribution >= 4 is 5.69 Å². The third kappa shape index (κ3) is 2.78. The third-order valence-electron chi connectivity index (χ3n) is 3.49. The highest BCUT2D eigenvalue weighted by Crippen LogP contribution is 2.23. The number of hydrogen-bond donors (Lipinski definition) is 0. The summed E-state index contributed by atoms with van der Waals surface area (Å²) in [6.45, 7) is 9.43. The second-order valence-electron chi connectivity index (χ2n) is 4.71. The van der Waals surface area contributed by atoms with Crippen LogP contribution in [0.4, 0.5) is 10.1 Å². The summed E-state index contributed by atoms with van der Waals surface area (Å²) in [5, 5.41) is 0. The number of halogens is 1. The van der Waals surface area contributed by atoms with Crippen molar-refractivity contribution < 1.29 is 4.39 Å². The summed E-state index contributed by atoms with van der Waals surface area (Å²) in [6.07, 6.45) is 1.21. The van der Waals surface area contributed by atoms with E-state index in [1.807, 2.05) is 13.0 Å². The normalized spacial score (nSPS) is 17.5. The zero-order valence-corrected chi connectivity index (χ0v) is 10.7. The highest BCUT2D eigenvalue weighted by molar-refractivity contribution is 5.53. The van der Waals surface area contributed by atoms with Gasteiger partial charge in [-0.1, -0.05) is 13.0 Å². The zero-order valence-electron chi connectivity index (χ0n) is 10.7. The van der Waals surface area contributed by atoms with Crippen molar-refractivity contribution in [2.45, 2.75) is 20.3 Å². The molecule has 0 unspecified atom stereocenters. The van der Waals surface area contributed by atoms with Gasteiger partial charge in [-0.25, -0.2) is 4.39 Å². The average molecular weight is 236 g/mol. The Morgan fingerprint density at radius 1 is 1.18 bits per heavy atom. The highest BCUT2D eigenvalue weighted by atomic mass is 19.1. The summed E-state index contributed by atoms with van der Waals surface area (Å²) < 4.78 is 13.5. The molecule has 3 heteroatoms. The summed E-state index contributed by atoms with van der Waals surface area (Å²) in [5.74, 6) is -0.0986. The molecule has 0 radical (unpaired) electrons. The van der Waals surface area contributed by atoms with Crippen molar-refractivity contribution in [3.8, 4) is 0 Å². The number of benzene rings is 1. The summed E-state index contributed by atoms with van der Waals surface area (Å²) >= 11 is 0. The van der Waals surface area contributed by atoms with E-state index in [1.165, 1.54) is 19.0 Å². The molecule has 1 fully saturated rings. The molecule has 0 atom stereocenters. The molecule has 0 N–H and O–H groups in total. The van der Waals surface area contributed by atoms with Crippen molar-refractivity contribution in [3.63, 3.8) is 0 Å². The molecule has 17 heavy (non-hydrogen) atoms. The fraction of sp³-hybridized carbons (Fsp3) is 0.571. The summed E-state index contributed by atoms with van der Waals surface area (Å²) in [5.41, 5.74) is 1.83. The van der Waals surface area contributed by atoms with E-state index in [4.69, 9.17) is 0 Å². The van der Waals surface area contributed by atoms with Crippen LogP contribution in [0.1, 0.15) is 18.9 Å². The van der Waals surface area contributed by atoms with Gasteiger partial charge >= 0.3 is 0 Å². The zero-order chi connectivity index (χ0) is 12.3. The summed E-state index contributed by atoms with van der Waals surface area (Å²) in [4.78, 5) is 4.77. The van der Waals surface area contributed by atoms with Gasteiger partial charge < -0.3 is 4.90 Å². The fourth-order valence-electron chi connectivity index (χ4n) is 2.47. The second-order valence-corrected chi connectivity index (χ2v) is 4.71. The Labute approximate surface area is 103 Å². The second kappa shape index (κ2) is 5.50. The Morgan fingerprint density at radius 3 is 2.53 bits per heavy atom. The standard InChI is InChI=1S/C14H21FN2/c1-3-7-16-8-10-17(11-9-16)14-6-4-5-13(15)12(14)2/h4-6H,3,7-11H2,1-2H3. The average Bonchev–Trinajstić information content (AvgIpc) is 2.34. The lowest BCUT2D eigenvalue weighted by molar-refractivity contribution is 0.258. The van der Waals surface area contributed by atoms with Crippen molar-refractivity contribution in [3.05, 3.63) is 29.6 Å².